The molecule has 0 spiro atoms. The first kappa shape index (κ1) is 12.9. The van der Waals surface area contributed by atoms with Gasteiger partial charge in [0, 0.05) is 6.07 Å². The number of para-hydroxylation sites is 1. The quantitative estimate of drug-likeness (QED) is 0.459. The van der Waals surface area contributed by atoms with Crippen molar-refractivity contribution in [2.45, 2.75) is 6.61 Å². The highest BCUT2D eigenvalue weighted by molar-refractivity contribution is 5.99. The first-order chi connectivity index (χ1) is 10.9. The van der Waals surface area contributed by atoms with Crippen LogP contribution in [0.5, 0.6) is 5.75 Å². The van der Waals surface area contributed by atoms with E-state index >= 15 is 0 Å². The van der Waals surface area contributed by atoms with E-state index in [1.807, 2.05) is 24.3 Å². The third-order valence-electron chi connectivity index (χ3n) is 3.90. The highest BCUT2D eigenvalue weighted by Crippen LogP contribution is 2.26. The lowest BCUT2D eigenvalue weighted by Gasteiger charge is -2.10. The van der Waals surface area contributed by atoms with Crippen molar-refractivity contribution >= 4 is 21.5 Å². The summed E-state index contributed by atoms with van der Waals surface area (Å²) in [5.74, 6) is 0.778. The van der Waals surface area contributed by atoms with Gasteiger partial charge in [-0.1, -0.05) is 60.7 Å². The minimum Gasteiger partial charge on any atom is -0.488 e. The maximum absolute atomic E-state index is 5.86. The van der Waals surface area contributed by atoms with Gasteiger partial charge in [-0.2, -0.15) is 0 Å². The monoisotopic (exact) mass is 283 g/mol. The molecule has 0 saturated carbocycles. The van der Waals surface area contributed by atoms with Crippen molar-refractivity contribution in [3.05, 3.63) is 90.5 Å². The molecule has 0 aliphatic heterocycles. The van der Waals surface area contributed by atoms with Gasteiger partial charge in [0.1, 0.15) is 12.4 Å². The van der Waals surface area contributed by atoms with Crippen LogP contribution in [0.2, 0.25) is 0 Å². The standard InChI is InChI=1S/C21H15O/c1-2-11-20(12-3-1)22-15-19-10-6-9-18-13-16-7-4-5-8-17(16)14-21(18)19/h1-11,13-14H,15H2. The Morgan fingerprint density at radius 2 is 1.50 bits per heavy atom. The zero-order valence-electron chi connectivity index (χ0n) is 12.1. The summed E-state index contributed by atoms with van der Waals surface area (Å²) in [6, 6.07) is 30.1. The molecule has 0 aliphatic carbocycles. The molecule has 1 heteroatoms. The van der Waals surface area contributed by atoms with Crippen LogP contribution in [0, 0.1) is 6.07 Å². The van der Waals surface area contributed by atoms with Crippen molar-refractivity contribution in [1.82, 2.24) is 0 Å². The summed E-state index contributed by atoms with van der Waals surface area (Å²) in [6.45, 7) is 0.552. The average Bonchev–Trinajstić information content (AvgIpc) is 2.59. The molecular formula is C21H15O. The average molecular weight is 283 g/mol. The Bertz CT molecular complexity index is 926. The van der Waals surface area contributed by atoms with Gasteiger partial charge in [-0.15, -0.1) is 0 Å². The second-order valence-electron chi connectivity index (χ2n) is 5.35. The summed E-state index contributed by atoms with van der Waals surface area (Å²) in [7, 11) is 0. The summed E-state index contributed by atoms with van der Waals surface area (Å²) >= 11 is 0. The maximum atomic E-state index is 5.86. The van der Waals surface area contributed by atoms with E-state index in [-0.39, 0.29) is 0 Å². The Kier molecular flexibility index (Phi) is 3.24. The zero-order chi connectivity index (χ0) is 14.8. The van der Waals surface area contributed by atoms with Gasteiger partial charge < -0.3 is 4.74 Å². The smallest absolute Gasteiger partial charge is 0.127 e. The van der Waals surface area contributed by atoms with Crippen LogP contribution in [0.15, 0.2) is 78.9 Å². The summed E-state index contributed by atoms with van der Waals surface area (Å²) in [5.41, 5.74) is 1.19. The Balaban J connectivity index is 1.75. The summed E-state index contributed by atoms with van der Waals surface area (Å²) < 4.78 is 5.86. The van der Waals surface area contributed by atoms with E-state index in [0.29, 0.717) is 6.61 Å². The fourth-order valence-electron chi connectivity index (χ4n) is 2.78. The molecule has 1 nitrogen and oxygen atoms in total. The predicted octanol–water partition coefficient (Wildman–Crippen LogP) is 5.37. The van der Waals surface area contributed by atoms with Gasteiger partial charge >= 0.3 is 0 Å². The SMILES string of the molecule is [c]1ccccc1OCc1cccc2cc3ccccc3cc12. The Hall–Kier alpha value is -2.80. The minimum absolute atomic E-state index is 0.552. The molecule has 0 unspecified atom stereocenters. The molecule has 4 rings (SSSR count). The van der Waals surface area contributed by atoms with E-state index in [1.54, 1.807) is 0 Å². The molecule has 4 aromatic carbocycles. The molecule has 0 aliphatic rings. The van der Waals surface area contributed by atoms with Gasteiger partial charge in [0.2, 0.25) is 0 Å². The summed E-state index contributed by atoms with van der Waals surface area (Å²) in [6.07, 6.45) is 0. The van der Waals surface area contributed by atoms with E-state index in [2.05, 4.69) is 60.7 Å². The number of rotatable bonds is 3. The van der Waals surface area contributed by atoms with Gasteiger partial charge in [-0.3, -0.25) is 0 Å². The van der Waals surface area contributed by atoms with Crippen molar-refractivity contribution in [2.24, 2.45) is 0 Å². The summed E-state index contributed by atoms with van der Waals surface area (Å²) in [4.78, 5) is 0. The molecule has 0 amide bonds. The van der Waals surface area contributed by atoms with E-state index in [0.717, 1.165) is 5.75 Å². The van der Waals surface area contributed by atoms with Crippen LogP contribution >= 0.6 is 0 Å². The van der Waals surface area contributed by atoms with Crippen molar-refractivity contribution in [3.8, 4) is 5.75 Å². The number of ether oxygens (including phenoxy) is 1. The number of fused-ring (bicyclic) bond motifs is 2. The zero-order valence-corrected chi connectivity index (χ0v) is 12.1. The fraction of sp³-hybridized carbons (Fsp3) is 0.0476. The second-order valence-corrected chi connectivity index (χ2v) is 5.35. The van der Waals surface area contributed by atoms with Crippen LogP contribution < -0.4 is 4.74 Å². The van der Waals surface area contributed by atoms with E-state index in [4.69, 9.17) is 4.74 Å². The Morgan fingerprint density at radius 3 is 2.32 bits per heavy atom. The third kappa shape index (κ3) is 2.42. The lowest BCUT2D eigenvalue weighted by Crippen LogP contribution is -1.96. The Morgan fingerprint density at radius 1 is 0.727 bits per heavy atom. The molecule has 0 atom stereocenters. The number of benzene rings is 4. The van der Waals surface area contributed by atoms with Crippen LogP contribution in [0.1, 0.15) is 5.56 Å². The first-order valence-corrected chi connectivity index (χ1v) is 7.40. The van der Waals surface area contributed by atoms with E-state index in [9.17, 15) is 0 Å². The molecule has 0 bridgehead atoms. The predicted molar refractivity (Wildman–Crippen MR) is 91.1 cm³/mol. The third-order valence-corrected chi connectivity index (χ3v) is 3.90. The summed E-state index contributed by atoms with van der Waals surface area (Å²) in [5, 5.41) is 5.02. The Labute approximate surface area is 129 Å². The van der Waals surface area contributed by atoms with E-state index < -0.39 is 0 Å². The maximum Gasteiger partial charge on any atom is 0.127 e. The van der Waals surface area contributed by atoms with E-state index in [1.165, 1.54) is 27.1 Å². The van der Waals surface area contributed by atoms with Crippen LogP contribution in [0.3, 0.4) is 0 Å². The van der Waals surface area contributed by atoms with Crippen LogP contribution in [-0.4, -0.2) is 0 Å². The van der Waals surface area contributed by atoms with Crippen molar-refractivity contribution in [1.29, 1.82) is 0 Å². The topological polar surface area (TPSA) is 9.23 Å². The number of hydrogen-bond acceptors (Lipinski definition) is 1. The van der Waals surface area contributed by atoms with Crippen molar-refractivity contribution in [3.63, 3.8) is 0 Å². The normalized spacial score (nSPS) is 10.9. The van der Waals surface area contributed by atoms with Crippen LogP contribution in [0.25, 0.3) is 21.5 Å². The lowest BCUT2D eigenvalue weighted by atomic mass is 10.00. The highest BCUT2D eigenvalue weighted by atomic mass is 16.5. The molecule has 0 fully saturated rings. The molecule has 105 valence electrons. The van der Waals surface area contributed by atoms with Gasteiger partial charge in [0.25, 0.3) is 0 Å². The molecule has 0 aromatic heterocycles. The molecule has 0 heterocycles. The molecule has 4 aromatic rings. The van der Waals surface area contributed by atoms with Crippen molar-refractivity contribution in [2.75, 3.05) is 0 Å². The van der Waals surface area contributed by atoms with Crippen molar-refractivity contribution < 1.29 is 4.74 Å². The minimum atomic E-state index is 0.552. The molecule has 22 heavy (non-hydrogen) atoms. The molecule has 0 N–H and O–H groups in total. The van der Waals surface area contributed by atoms with Crippen LogP contribution in [-0.2, 0) is 6.61 Å². The number of hydrogen-bond donors (Lipinski definition) is 0. The van der Waals surface area contributed by atoms with Gasteiger partial charge in [0.15, 0.2) is 0 Å². The fourth-order valence-corrected chi connectivity index (χ4v) is 2.78. The van der Waals surface area contributed by atoms with Gasteiger partial charge in [0.05, 0.1) is 0 Å². The largest absolute Gasteiger partial charge is 0.488 e. The first-order valence-electron chi connectivity index (χ1n) is 7.40. The molecular weight excluding hydrogens is 268 g/mol. The second kappa shape index (κ2) is 5.53. The molecule has 0 saturated heterocycles. The lowest BCUT2D eigenvalue weighted by molar-refractivity contribution is 0.307. The molecule has 1 radical (unpaired) electrons. The highest BCUT2D eigenvalue weighted by Gasteiger charge is 2.04. The van der Waals surface area contributed by atoms with Gasteiger partial charge in [-0.05, 0) is 45.3 Å². The van der Waals surface area contributed by atoms with Gasteiger partial charge in [-0.25, -0.2) is 0 Å². The van der Waals surface area contributed by atoms with Crippen LogP contribution in [0.4, 0.5) is 0 Å².